The Morgan fingerprint density at radius 3 is 2.30 bits per heavy atom. The topological polar surface area (TPSA) is 96.5 Å². The molecule has 1 aromatic rings. The highest BCUT2D eigenvalue weighted by molar-refractivity contribution is 5.97. The molecule has 3 N–H and O–H groups in total. The SMILES string of the molecule is CNCC(C)C(=O)Nc1ccc(C(=O)NCC(=O)OC)cc1.Cl. The summed E-state index contributed by atoms with van der Waals surface area (Å²) in [4.78, 5) is 34.6. The van der Waals surface area contributed by atoms with Crippen LogP contribution < -0.4 is 16.0 Å². The molecule has 23 heavy (non-hydrogen) atoms. The van der Waals surface area contributed by atoms with Crippen LogP contribution in [0.1, 0.15) is 17.3 Å². The van der Waals surface area contributed by atoms with E-state index in [4.69, 9.17) is 0 Å². The van der Waals surface area contributed by atoms with E-state index < -0.39 is 5.97 Å². The summed E-state index contributed by atoms with van der Waals surface area (Å²) in [6.07, 6.45) is 0. The zero-order chi connectivity index (χ0) is 16.5. The Hall–Kier alpha value is -2.12. The fourth-order valence-corrected chi connectivity index (χ4v) is 1.70. The molecule has 0 bridgehead atoms. The minimum Gasteiger partial charge on any atom is -0.468 e. The van der Waals surface area contributed by atoms with Gasteiger partial charge in [-0.25, -0.2) is 0 Å². The smallest absolute Gasteiger partial charge is 0.325 e. The molecule has 0 aliphatic carbocycles. The summed E-state index contributed by atoms with van der Waals surface area (Å²) in [6.45, 7) is 2.22. The number of amides is 2. The van der Waals surface area contributed by atoms with Crippen molar-refractivity contribution in [2.45, 2.75) is 6.92 Å². The highest BCUT2D eigenvalue weighted by atomic mass is 35.5. The molecule has 128 valence electrons. The van der Waals surface area contributed by atoms with Crippen molar-refractivity contribution < 1.29 is 19.1 Å². The highest BCUT2D eigenvalue weighted by Crippen LogP contribution is 2.11. The number of hydrogen-bond donors (Lipinski definition) is 3. The maximum absolute atomic E-state index is 11.8. The Morgan fingerprint density at radius 2 is 1.78 bits per heavy atom. The van der Waals surface area contributed by atoms with E-state index in [1.165, 1.54) is 7.11 Å². The largest absolute Gasteiger partial charge is 0.468 e. The van der Waals surface area contributed by atoms with Gasteiger partial charge in [0, 0.05) is 23.7 Å². The van der Waals surface area contributed by atoms with Gasteiger partial charge in [0.2, 0.25) is 5.91 Å². The second-order valence-corrected chi connectivity index (χ2v) is 4.78. The maximum atomic E-state index is 11.8. The number of hydrogen-bond acceptors (Lipinski definition) is 5. The molecule has 0 aliphatic rings. The molecule has 7 nitrogen and oxygen atoms in total. The minimum absolute atomic E-state index is 0. The zero-order valence-corrected chi connectivity index (χ0v) is 14.2. The molecule has 0 saturated carbocycles. The number of methoxy groups -OCH3 is 1. The van der Waals surface area contributed by atoms with Crippen molar-refractivity contribution >= 4 is 35.9 Å². The lowest BCUT2D eigenvalue weighted by atomic mass is 10.1. The first kappa shape index (κ1) is 20.9. The van der Waals surface area contributed by atoms with Gasteiger partial charge in [0.15, 0.2) is 0 Å². The van der Waals surface area contributed by atoms with Crippen molar-refractivity contribution in [2.75, 3.05) is 32.6 Å². The van der Waals surface area contributed by atoms with Gasteiger partial charge in [0.25, 0.3) is 5.91 Å². The molecule has 0 saturated heterocycles. The number of carbonyl (C=O) groups is 3. The third kappa shape index (κ3) is 7.12. The molecule has 2 amide bonds. The van der Waals surface area contributed by atoms with Crippen LogP contribution >= 0.6 is 12.4 Å². The summed E-state index contributed by atoms with van der Waals surface area (Å²) < 4.78 is 4.44. The van der Waals surface area contributed by atoms with E-state index in [9.17, 15) is 14.4 Å². The van der Waals surface area contributed by atoms with E-state index >= 15 is 0 Å². The Labute approximate surface area is 141 Å². The number of carbonyl (C=O) groups excluding carboxylic acids is 3. The number of rotatable bonds is 7. The van der Waals surface area contributed by atoms with Crippen molar-refractivity contribution in [3.63, 3.8) is 0 Å². The summed E-state index contributed by atoms with van der Waals surface area (Å²) in [5.74, 6) is -1.16. The van der Waals surface area contributed by atoms with Crippen LogP contribution in [0.2, 0.25) is 0 Å². The Bertz CT molecular complexity index is 534. The summed E-state index contributed by atoms with van der Waals surface area (Å²) in [6, 6.07) is 6.42. The normalized spacial score (nSPS) is 10.9. The van der Waals surface area contributed by atoms with Gasteiger partial charge in [0.1, 0.15) is 6.54 Å². The Balaban J connectivity index is 0.00000484. The summed E-state index contributed by atoms with van der Waals surface area (Å²) in [5.41, 5.74) is 1.00. The number of anilines is 1. The molecule has 1 atom stereocenters. The molecule has 0 aromatic heterocycles. The third-order valence-corrected chi connectivity index (χ3v) is 2.99. The van der Waals surface area contributed by atoms with E-state index in [0.29, 0.717) is 17.8 Å². The molecule has 0 spiro atoms. The van der Waals surface area contributed by atoms with Gasteiger partial charge in [-0.15, -0.1) is 12.4 Å². The van der Waals surface area contributed by atoms with Crippen LogP contribution in [0.4, 0.5) is 5.69 Å². The van der Waals surface area contributed by atoms with Crippen molar-refractivity contribution in [2.24, 2.45) is 5.92 Å². The van der Waals surface area contributed by atoms with E-state index in [0.717, 1.165) is 0 Å². The number of ether oxygens (including phenoxy) is 1. The molecule has 0 heterocycles. The average molecular weight is 344 g/mol. The molecule has 1 unspecified atom stereocenters. The van der Waals surface area contributed by atoms with Crippen LogP contribution in [0.5, 0.6) is 0 Å². The molecule has 1 aromatic carbocycles. The number of benzene rings is 1. The first-order valence-electron chi connectivity index (χ1n) is 6.88. The van der Waals surface area contributed by atoms with Crippen molar-refractivity contribution in [1.29, 1.82) is 0 Å². The Morgan fingerprint density at radius 1 is 1.17 bits per heavy atom. The fraction of sp³-hybridized carbons (Fsp3) is 0.400. The van der Waals surface area contributed by atoms with Gasteiger partial charge in [-0.2, -0.15) is 0 Å². The van der Waals surface area contributed by atoms with Gasteiger partial charge >= 0.3 is 5.97 Å². The van der Waals surface area contributed by atoms with Crippen molar-refractivity contribution in [3.8, 4) is 0 Å². The summed E-state index contributed by atoms with van der Waals surface area (Å²) >= 11 is 0. The standard InChI is InChI=1S/C15H21N3O4.ClH/c1-10(8-16-2)14(20)18-12-6-4-11(5-7-12)15(21)17-9-13(19)22-3;/h4-7,10,16H,8-9H2,1-3H3,(H,17,21)(H,18,20);1H. The van der Waals surface area contributed by atoms with Gasteiger partial charge in [0.05, 0.1) is 7.11 Å². The molecule has 8 heteroatoms. The first-order chi connectivity index (χ1) is 10.5. The number of nitrogens with one attached hydrogen (secondary N) is 3. The lowest BCUT2D eigenvalue weighted by molar-refractivity contribution is -0.139. The molecular formula is C15H22ClN3O4. The number of esters is 1. The van der Waals surface area contributed by atoms with Crippen molar-refractivity contribution in [3.05, 3.63) is 29.8 Å². The molecule has 0 fully saturated rings. The molecule has 0 aliphatic heterocycles. The number of halogens is 1. The van der Waals surface area contributed by atoms with Crippen LogP contribution in [0, 0.1) is 5.92 Å². The van der Waals surface area contributed by atoms with Crippen LogP contribution in [0.15, 0.2) is 24.3 Å². The molecular weight excluding hydrogens is 322 g/mol. The van der Waals surface area contributed by atoms with E-state index in [1.807, 2.05) is 6.92 Å². The van der Waals surface area contributed by atoms with Crippen LogP contribution in [0.3, 0.4) is 0 Å². The van der Waals surface area contributed by atoms with Crippen LogP contribution in [-0.4, -0.2) is 45.0 Å². The van der Waals surface area contributed by atoms with Gasteiger partial charge < -0.3 is 20.7 Å². The average Bonchev–Trinajstić information content (AvgIpc) is 2.53. The van der Waals surface area contributed by atoms with Gasteiger partial charge in [-0.1, -0.05) is 6.92 Å². The summed E-state index contributed by atoms with van der Waals surface area (Å²) in [5, 5.41) is 8.14. The molecule has 1 rings (SSSR count). The van der Waals surface area contributed by atoms with E-state index in [-0.39, 0.29) is 36.7 Å². The highest BCUT2D eigenvalue weighted by Gasteiger charge is 2.12. The monoisotopic (exact) mass is 343 g/mol. The predicted octanol–water partition coefficient (Wildman–Crippen LogP) is 0.805. The first-order valence-corrected chi connectivity index (χ1v) is 6.88. The fourth-order valence-electron chi connectivity index (χ4n) is 1.70. The second kappa shape index (κ2) is 10.6. The zero-order valence-electron chi connectivity index (χ0n) is 13.3. The lowest BCUT2D eigenvalue weighted by Gasteiger charge is -2.12. The van der Waals surface area contributed by atoms with Crippen molar-refractivity contribution in [1.82, 2.24) is 10.6 Å². The second-order valence-electron chi connectivity index (χ2n) is 4.78. The van der Waals surface area contributed by atoms with Gasteiger partial charge in [-0.3, -0.25) is 14.4 Å². The maximum Gasteiger partial charge on any atom is 0.325 e. The molecule has 0 radical (unpaired) electrons. The third-order valence-electron chi connectivity index (χ3n) is 2.99. The van der Waals surface area contributed by atoms with E-state index in [2.05, 4.69) is 20.7 Å². The summed E-state index contributed by atoms with van der Waals surface area (Å²) in [7, 11) is 3.03. The van der Waals surface area contributed by atoms with Crippen LogP contribution in [0.25, 0.3) is 0 Å². The lowest BCUT2D eigenvalue weighted by Crippen LogP contribution is -2.30. The Kier molecular flexibility index (Phi) is 9.60. The van der Waals surface area contributed by atoms with E-state index in [1.54, 1.807) is 31.3 Å². The van der Waals surface area contributed by atoms with Crippen LogP contribution in [-0.2, 0) is 14.3 Å². The minimum atomic E-state index is -0.518. The predicted molar refractivity (Wildman–Crippen MR) is 89.8 cm³/mol. The van der Waals surface area contributed by atoms with Gasteiger partial charge in [-0.05, 0) is 31.3 Å². The quantitative estimate of drug-likeness (QED) is 0.636.